The number of likely N-dealkylation sites (tertiary alicyclic amines) is 2. The predicted octanol–water partition coefficient (Wildman–Crippen LogP) is 2.20. The van der Waals surface area contributed by atoms with Gasteiger partial charge in [-0.3, -0.25) is 9.58 Å². The third kappa shape index (κ3) is 4.61. The van der Waals surface area contributed by atoms with Crippen molar-refractivity contribution in [3.8, 4) is 0 Å². The first-order valence-corrected chi connectivity index (χ1v) is 9.05. The van der Waals surface area contributed by atoms with Crippen molar-refractivity contribution in [1.29, 1.82) is 0 Å². The molecule has 7 heteroatoms. The number of urea groups is 1. The van der Waals surface area contributed by atoms with Gasteiger partial charge in [0.05, 0.1) is 11.2 Å². The van der Waals surface area contributed by atoms with Crippen LogP contribution in [0.5, 0.6) is 0 Å². The van der Waals surface area contributed by atoms with Crippen LogP contribution in [0.4, 0.5) is 4.79 Å². The van der Waals surface area contributed by atoms with Crippen LogP contribution in [0.3, 0.4) is 0 Å². The molecule has 1 aromatic rings. The quantitative estimate of drug-likeness (QED) is 0.837. The van der Waals surface area contributed by atoms with Crippen LogP contribution in [0.15, 0.2) is 12.4 Å². The number of hydrogen-bond donors (Lipinski definition) is 1. The van der Waals surface area contributed by atoms with Crippen LogP contribution >= 0.6 is 11.6 Å². The number of amides is 2. The van der Waals surface area contributed by atoms with Crippen molar-refractivity contribution in [1.82, 2.24) is 24.9 Å². The number of nitrogens with one attached hydrogen (secondary N) is 1. The summed E-state index contributed by atoms with van der Waals surface area (Å²) in [7, 11) is 0. The minimum atomic E-state index is 0.0722. The van der Waals surface area contributed by atoms with Crippen molar-refractivity contribution in [3.05, 3.63) is 17.4 Å². The fraction of sp³-hybridized carbons (Fsp3) is 0.750. The number of aromatic nitrogens is 2. The summed E-state index contributed by atoms with van der Waals surface area (Å²) in [5.74, 6) is 0. The van der Waals surface area contributed by atoms with E-state index in [-0.39, 0.29) is 6.03 Å². The van der Waals surface area contributed by atoms with Crippen molar-refractivity contribution in [2.45, 2.75) is 44.7 Å². The molecule has 0 saturated carbocycles. The fourth-order valence-electron chi connectivity index (χ4n) is 3.52. The molecule has 2 saturated heterocycles. The van der Waals surface area contributed by atoms with E-state index in [0.717, 1.165) is 32.5 Å². The Kier molecular flexibility index (Phi) is 5.78. The summed E-state index contributed by atoms with van der Waals surface area (Å²) < 4.78 is 1.80. The van der Waals surface area contributed by atoms with Gasteiger partial charge in [-0.05, 0) is 38.8 Å². The van der Waals surface area contributed by atoms with E-state index in [9.17, 15) is 4.79 Å². The van der Waals surface area contributed by atoms with Crippen LogP contribution in [-0.2, 0) is 6.54 Å². The van der Waals surface area contributed by atoms with E-state index in [1.807, 2.05) is 4.90 Å². The van der Waals surface area contributed by atoms with Crippen LogP contribution in [-0.4, -0.2) is 64.4 Å². The molecule has 1 N–H and O–H groups in total. The second kappa shape index (κ2) is 8.02. The number of halogens is 1. The lowest BCUT2D eigenvalue weighted by Gasteiger charge is -2.32. The summed E-state index contributed by atoms with van der Waals surface area (Å²) in [6, 6.07) is 0.635. The molecule has 1 atom stereocenters. The molecule has 0 bridgehead atoms. The lowest BCUT2D eigenvalue weighted by atomic mass is 10.1. The van der Waals surface area contributed by atoms with Gasteiger partial charge in [0.15, 0.2) is 0 Å². The number of hydrogen-bond acceptors (Lipinski definition) is 3. The van der Waals surface area contributed by atoms with Gasteiger partial charge in [0.25, 0.3) is 0 Å². The molecule has 0 radical (unpaired) electrons. The lowest BCUT2D eigenvalue weighted by Crippen LogP contribution is -2.44. The summed E-state index contributed by atoms with van der Waals surface area (Å²) in [5.41, 5.74) is 0. The minimum absolute atomic E-state index is 0.0722. The number of piperidine rings is 1. The molecule has 0 unspecified atom stereocenters. The molecule has 128 valence electrons. The molecule has 0 spiro atoms. The van der Waals surface area contributed by atoms with Crippen LogP contribution in [0, 0.1) is 0 Å². The van der Waals surface area contributed by atoms with Gasteiger partial charge in [0, 0.05) is 38.4 Å². The molecule has 0 aromatic carbocycles. The van der Waals surface area contributed by atoms with Crippen LogP contribution in [0.2, 0.25) is 5.02 Å². The van der Waals surface area contributed by atoms with Gasteiger partial charge in [0.2, 0.25) is 0 Å². The number of carbonyl (C=O) groups is 1. The molecule has 2 fully saturated rings. The smallest absolute Gasteiger partial charge is 0.317 e. The fourth-order valence-corrected chi connectivity index (χ4v) is 3.67. The van der Waals surface area contributed by atoms with Crippen molar-refractivity contribution in [2.24, 2.45) is 0 Å². The highest BCUT2D eigenvalue weighted by Crippen LogP contribution is 2.20. The number of rotatable bonds is 5. The van der Waals surface area contributed by atoms with Gasteiger partial charge in [-0.1, -0.05) is 18.0 Å². The molecular formula is C16H26ClN5O. The predicted molar refractivity (Wildman–Crippen MR) is 90.7 cm³/mol. The second-order valence-electron chi connectivity index (χ2n) is 6.49. The van der Waals surface area contributed by atoms with Crippen molar-refractivity contribution < 1.29 is 4.79 Å². The average Bonchev–Trinajstić information content (AvgIpc) is 3.21. The summed E-state index contributed by atoms with van der Waals surface area (Å²) in [6.07, 6.45) is 9.36. The van der Waals surface area contributed by atoms with E-state index in [2.05, 4.69) is 15.3 Å². The molecule has 1 aromatic heterocycles. The molecular weight excluding hydrogens is 314 g/mol. The van der Waals surface area contributed by atoms with Gasteiger partial charge < -0.3 is 10.2 Å². The SMILES string of the molecule is O=C(NCCCn1cc(Cl)cn1)N1CC[C@H](N2CCCCC2)C1. The topological polar surface area (TPSA) is 53.4 Å². The van der Waals surface area contributed by atoms with Gasteiger partial charge in [-0.25, -0.2) is 4.79 Å². The Morgan fingerprint density at radius 3 is 2.87 bits per heavy atom. The Morgan fingerprint density at radius 1 is 1.30 bits per heavy atom. The first kappa shape index (κ1) is 16.6. The van der Waals surface area contributed by atoms with E-state index < -0.39 is 0 Å². The highest BCUT2D eigenvalue weighted by atomic mass is 35.5. The first-order valence-electron chi connectivity index (χ1n) is 8.67. The van der Waals surface area contributed by atoms with Crippen LogP contribution < -0.4 is 5.32 Å². The first-order chi connectivity index (χ1) is 11.2. The molecule has 3 heterocycles. The van der Waals surface area contributed by atoms with Crippen molar-refractivity contribution in [3.63, 3.8) is 0 Å². The maximum atomic E-state index is 12.2. The number of nitrogens with zero attached hydrogens (tertiary/aromatic N) is 4. The third-order valence-electron chi connectivity index (χ3n) is 4.80. The van der Waals surface area contributed by atoms with E-state index >= 15 is 0 Å². The lowest BCUT2D eigenvalue weighted by molar-refractivity contribution is 0.161. The second-order valence-corrected chi connectivity index (χ2v) is 6.93. The maximum absolute atomic E-state index is 12.2. The monoisotopic (exact) mass is 339 g/mol. The summed E-state index contributed by atoms with van der Waals surface area (Å²) in [6.45, 7) is 5.59. The average molecular weight is 340 g/mol. The van der Waals surface area contributed by atoms with Crippen molar-refractivity contribution >= 4 is 17.6 Å². The summed E-state index contributed by atoms with van der Waals surface area (Å²) in [5, 5.41) is 7.80. The Bertz CT molecular complexity index is 514. The third-order valence-corrected chi connectivity index (χ3v) is 4.99. The molecule has 2 aliphatic rings. The summed E-state index contributed by atoms with van der Waals surface area (Å²) in [4.78, 5) is 16.8. The zero-order chi connectivity index (χ0) is 16.1. The zero-order valence-electron chi connectivity index (χ0n) is 13.6. The molecule has 6 nitrogen and oxygen atoms in total. The largest absolute Gasteiger partial charge is 0.338 e. The molecule has 2 aliphatic heterocycles. The Labute approximate surface area is 142 Å². The van der Waals surface area contributed by atoms with E-state index in [1.54, 1.807) is 17.1 Å². The highest BCUT2D eigenvalue weighted by molar-refractivity contribution is 6.30. The Morgan fingerprint density at radius 2 is 2.13 bits per heavy atom. The van der Waals surface area contributed by atoms with E-state index in [4.69, 9.17) is 11.6 Å². The van der Waals surface area contributed by atoms with Crippen LogP contribution in [0.25, 0.3) is 0 Å². The molecule has 0 aliphatic carbocycles. The van der Waals surface area contributed by atoms with E-state index in [0.29, 0.717) is 17.6 Å². The minimum Gasteiger partial charge on any atom is -0.338 e. The molecule has 23 heavy (non-hydrogen) atoms. The number of carbonyl (C=O) groups excluding carboxylic acids is 1. The van der Waals surface area contributed by atoms with Gasteiger partial charge in [0.1, 0.15) is 0 Å². The number of aryl methyl sites for hydroxylation is 1. The normalized spacial score (nSPS) is 22.5. The van der Waals surface area contributed by atoms with Crippen molar-refractivity contribution in [2.75, 3.05) is 32.7 Å². The standard InChI is InChI=1S/C16H26ClN5O/c17-14-11-19-22(12-14)9-4-6-18-16(23)21-10-5-15(13-21)20-7-2-1-3-8-20/h11-12,15H,1-10,13H2,(H,18,23)/t15-/m0/s1. The Hall–Kier alpha value is -1.27. The highest BCUT2D eigenvalue weighted by Gasteiger charge is 2.30. The van der Waals surface area contributed by atoms with Crippen LogP contribution in [0.1, 0.15) is 32.1 Å². The molecule has 3 rings (SSSR count). The summed E-state index contributed by atoms with van der Waals surface area (Å²) >= 11 is 5.82. The van der Waals surface area contributed by atoms with Gasteiger partial charge in [-0.2, -0.15) is 5.10 Å². The van der Waals surface area contributed by atoms with E-state index in [1.165, 1.54) is 32.4 Å². The Balaban J connectivity index is 1.34. The zero-order valence-corrected chi connectivity index (χ0v) is 14.3. The molecule has 2 amide bonds. The maximum Gasteiger partial charge on any atom is 0.317 e. The van der Waals surface area contributed by atoms with Gasteiger partial charge >= 0.3 is 6.03 Å². The van der Waals surface area contributed by atoms with Gasteiger partial charge in [-0.15, -0.1) is 0 Å².